The van der Waals surface area contributed by atoms with E-state index in [4.69, 9.17) is 5.11 Å². The molecule has 0 spiro atoms. The summed E-state index contributed by atoms with van der Waals surface area (Å²) < 4.78 is 2.05. The second kappa shape index (κ2) is 4.94. The zero-order valence-corrected chi connectivity index (χ0v) is 10.4. The van der Waals surface area contributed by atoms with Gasteiger partial charge in [-0.2, -0.15) is 0 Å². The molecule has 1 aromatic rings. The standard InChI is InChI=1S/C10H10Br2O/c1-7(6-13)4-8-2-3-9(11)10(12)5-8/h2-5,13H,6H2,1H3/b7-4-. The van der Waals surface area contributed by atoms with Crippen LogP contribution in [0, 0.1) is 0 Å². The van der Waals surface area contributed by atoms with Gasteiger partial charge in [0.2, 0.25) is 0 Å². The van der Waals surface area contributed by atoms with Crippen molar-refractivity contribution in [2.24, 2.45) is 0 Å². The Morgan fingerprint density at radius 3 is 2.62 bits per heavy atom. The van der Waals surface area contributed by atoms with Gasteiger partial charge < -0.3 is 5.11 Å². The molecule has 0 bridgehead atoms. The smallest absolute Gasteiger partial charge is 0.0642 e. The van der Waals surface area contributed by atoms with Crippen molar-refractivity contribution >= 4 is 37.9 Å². The molecule has 0 amide bonds. The van der Waals surface area contributed by atoms with E-state index in [1.807, 2.05) is 31.2 Å². The molecule has 0 atom stereocenters. The van der Waals surface area contributed by atoms with E-state index in [-0.39, 0.29) is 6.61 Å². The zero-order chi connectivity index (χ0) is 9.84. The van der Waals surface area contributed by atoms with Crippen LogP contribution in [0.25, 0.3) is 6.08 Å². The summed E-state index contributed by atoms with van der Waals surface area (Å²) in [5.41, 5.74) is 2.04. The highest BCUT2D eigenvalue weighted by Gasteiger charge is 1.96. The van der Waals surface area contributed by atoms with Crippen LogP contribution in [0.5, 0.6) is 0 Å². The second-order valence-corrected chi connectivity index (χ2v) is 4.53. The lowest BCUT2D eigenvalue weighted by molar-refractivity contribution is 0.332. The molecule has 70 valence electrons. The fraction of sp³-hybridized carbons (Fsp3) is 0.200. The first kappa shape index (κ1) is 11.0. The number of hydrogen-bond donors (Lipinski definition) is 1. The molecule has 0 radical (unpaired) electrons. The van der Waals surface area contributed by atoms with E-state index in [0.29, 0.717) is 0 Å². The molecule has 3 heteroatoms. The first-order valence-electron chi connectivity index (χ1n) is 3.86. The lowest BCUT2D eigenvalue weighted by Crippen LogP contribution is -1.83. The molecule has 0 aliphatic rings. The van der Waals surface area contributed by atoms with Gasteiger partial charge in [0, 0.05) is 8.95 Å². The van der Waals surface area contributed by atoms with Gasteiger partial charge in [-0.05, 0) is 62.1 Å². The van der Waals surface area contributed by atoms with Gasteiger partial charge in [0.1, 0.15) is 0 Å². The molecule has 0 saturated carbocycles. The Morgan fingerprint density at radius 1 is 1.38 bits per heavy atom. The van der Waals surface area contributed by atoms with E-state index in [0.717, 1.165) is 20.1 Å². The monoisotopic (exact) mass is 304 g/mol. The fourth-order valence-corrected chi connectivity index (χ4v) is 1.58. The van der Waals surface area contributed by atoms with Gasteiger partial charge in [0.15, 0.2) is 0 Å². The third-order valence-corrected chi connectivity index (χ3v) is 3.49. The molecule has 1 rings (SSSR count). The summed E-state index contributed by atoms with van der Waals surface area (Å²) in [6.45, 7) is 2.00. The topological polar surface area (TPSA) is 20.2 Å². The van der Waals surface area contributed by atoms with Gasteiger partial charge in [-0.3, -0.25) is 0 Å². The summed E-state index contributed by atoms with van der Waals surface area (Å²) in [6.07, 6.45) is 1.96. The van der Waals surface area contributed by atoms with Gasteiger partial charge in [0.05, 0.1) is 6.61 Å². The normalized spacial score (nSPS) is 11.8. The maximum Gasteiger partial charge on any atom is 0.0642 e. The Labute approximate surface area is 94.7 Å². The molecule has 0 aliphatic heterocycles. The fourth-order valence-electron chi connectivity index (χ4n) is 0.932. The number of aliphatic hydroxyl groups excluding tert-OH is 1. The number of aliphatic hydroxyl groups is 1. The van der Waals surface area contributed by atoms with E-state index < -0.39 is 0 Å². The summed E-state index contributed by atoms with van der Waals surface area (Å²) in [6, 6.07) is 5.97. The van der Waals surface area contributed by atoms with E-state index in [1.54, 1.807) is 0 Å². The van der Waals surface area contributed by atoms with Crippen LogP contribution in [0.1, 0.15) is 12.5 Å². The molecular formula is C10H10Br2O. The summed E-state index contributed by atoms with van der Waals surface area (Å²) in [4.78, 5) is 0. The summed E-state index contributed by atoms with van der Waals surface area (Å²) in [5.74, 6) is 0. The highest BCUT2D eigenvalue weighted by Crippen LogP contribution is 2.24. The van der Waals surface area contributed by atoms with Crippen LogP contribution < -0.4 is 0 Å². The molecule has 0 unspecified atom stereocenters. The van der Waals surface area contributed by atoms with E-state index in [1.165, 1.54) is 0 Å². The van der Waals surface area contributed by atoms with Gasteiger partial charge in [0.25, 0.3) is 0 Å². The Kier molecular flexibility index (Phi) is 4.16. The van der Waals surface area contributed by atoms with Crippen molar-refractivity contribution in [1.82, 2.24) is 0 Å². The number of rotatable bonds is 2. The van der Waals surface area contributed by atoms with Gasteiger partial charge in [-0.15, -0.1) is 0 Å². The molecular weight excluding hydrogens is 296 g/mol. The third-order valence-electron chi connectivity index (χ3n) is 1.61. The van der Waals surface area contributed by atoms with Crippen molar-refractivity contribution in [3.05, 3.63) is 38.3 Å². The van der Waals surface area contributed by atoms with Crippen molar-refractivity contribution in [3.63, 3.8) is 0 Å². The van der Waals surface area contributed by atoms with Crippen LogP contribution in [0.3, 0.4) is 0 Å². The van der Waals surface area contributed by atoms with Crippen molar-refractivity contribution < 1.29 is 5.11 Å². The predicted molar refractivity (Wildman–Crippen MR) is 62.6 cm³/mol. The summed E-state index contributed by atoms with van der Waals surface area (Å²) in [5, 5.41) is 8.83. The molecule has 0 saturated heterocycles. The third kappa shape index (κ3) is 3.25. The number of halogens is 2. The maximum absolute atomic E-state index is 8.83. The molecule has 0 aromatic heterocycles. The van der Waals surface area contributed by atoms with E-state index in [9.17, 15) is 0 Å². The Hall–Kier alpha value is -0.120. The van der Waals surface area contributed by atoms with E-state index >= 15 is 0 Å². The quantitative estimate of drug-likeness (QED) is 0.885. The molecule has 0 heterocycles. The highest BCUT2D eigenvalue weighted by atomic mass is 79.9. The SMILES string of the molecule is C/C(=C/c1ccc(Br)c(Br)c1)CO. The van der Waals surface area contributed by atoms with Crippen molar-refractivity contribution in [2.45, 2.75) is 6.92 Å². The van der Waals surface area contributed by atoms with Crippen LogP contribution in [-0.4, -0.2) is 11.7 Å². The molecule has 1 aromatic carbocycles. The van der Waals surface area contributed by atoms with Crippen molar-refractivity contribution in [2.75, 3.05) is 6.61 Å². The van der Waals surface area contributed by atoms with Gasteiger partial charge >= 0.3 is 0 Å². The van der Waals surface area contributed by atoms with Crippen LogP contribution in [0.2, 0.25) is 0 Å². The lowest BCUT2D eigenvalue weighted by Gasteiger charge is -1.99. The maximum atomic E-state index is 8.83. The summed E-state index contributed by atoms with van der Waals surface area (Å²) in [7, 11) is 0. The van der Waals surface area contributed by atoms with Crippen LogP contribution in [-0.2, 0) is 0 Å². The molecule has 13 heavy (non-hydrogen) atoms. The Balaban J connectivity index is 2.98. The largest absolute Gasteiger partial charge is 0.392 e. The molecule has 1 N–H and O–H groups in total. The Bertz CT molecular complexity index is 332. The molecule has 0 fully saturated rings. The van der Waals surface area contributed by atoms with Gasteiger partial charge in [-0.1, -0.05) is 12.1 Å². The average molecular weight is 306 g/mol. The summed E-state index contributed by atoms with van der Waals surface area (Å²) >= 11 is 6.81. The Morgan fingerprint density at radius 2 is 2.08 bits per heavy atom. The molecule has 0 aliphatic carbocycles. The predicted octanol–water partition coefficient (Wildman–Crippen LogP) is 3.61. The first-order chi connectivity index (χ1) is 6.13. The minimum Gasteiger partial charge on any atom is -0.392 e. The number of hydrogen-bond acceptors (Lipinski definition) is 1. The lowest BCUT2D eigenvalue weighted by atomic mass is 10.1. The first-order valence-corrected chi connectivity index (χ1v) is 5.45. The van der Waals surface area contributed by atoms with Crippen LogP contribution in [0.15, 0.2) is 32.7 Å². The zero-order valence-electron chi connectivity index (χ0n) is 7.22. The van der Waals surface area contributed by atoms with Crippen LogP contribution >= 0.6 is 31.9 Å². The van der Waals surface area contributed by atoms with Crippen molar-refractivity contribution in [3.8, 4) is 0 Å². The minimum absolute atomic E-state index is 0.105. The van der Waals surface area contributed by atoms with Crippen molar-refractivity contribution in [1.29, 1.82) is 0 Å². The second-order valence-electron chi connectivity index (χ2n) is 2.82. The van der Waals surface area contributed by atoms with Gasteiger partial charge in [-0.25, -0.2) is 0 Å². The van der Waals surface area contributed by atoms with Crippen LogP contribution in [0.4, 0.5) is 0 Å². The number of benzene rings is 1. The minimum atomic E-state index is 0.105. The van der Waals surface area contributed by atoms with E-state index in [2.05, 4.69) is 31.9 Å². The highest BCUT2D eigenvalue weighted by molar-refractivity contribution is 9.13. The average Bonchev–Trinajstić information content (AvgIpc) is 2.11. The molecule has 1 nitrogen and oxygen atoms in total.